The maximum absolute atomic E-state index is 12.6. The van der Waals surface area contributed by atoms with Gasteiger partial charge in [0.1, 0.15) is 5.75 Å². The van der Waals surface area contributed by atoms with Gasteiger partial charge in [-0.3, -0.25) is 9.59 Å². The van der Waals surface area contributed by atoms with Crippen molar-refractivity contribution in [3.05, 3.63) is 54.1 Å². The SMILES string of the molecule is O=C(CSc1nnnn1-c1ccc(O)cc1)c1cccc(N2CCCC2=O)c1. The number of ketones is 1. The average molecular weight is 395 g/mol. The van der Waals surface area contributed by atoms with Crippen LogP contribution in [-0.4, -0.2) is 49.3 Å². The van der Waals surface area contributed by atoms with E-state index in [1.165, 1.54) is 16.4 Å². The maximum atomic E-state index is 12.6. The van der Waals surface area contributed by atoms with E-state index in [-0.39, 0.29) is 23.2 Å². The molecule has 0 radical (unpaired) electrons. The number of benzene rings is 2. The van der Waals surface area contributed by atoms with Gasteiger partial charge in [-0.05, 0) is 53.2 Å². The third kappa shape index (κ3) is 3.74. The van der Waals surface area contributed by atoms with Crippen molar-refractivity contribution in [3.8, 4) is 11.4 Å². The number of carbonyl (C=O) groups excluding carboxylic acids is 2. The molecule has 0 unspecified atom stereocenters. The highest BCUT2D eigenvalue weighted by Gasteiger charge is 2.22. The summed E-state index contributed by atoms with van der Waals surface area (Å²) in [5, 5.41) is 21.5. The van der Waals surface area contributed by atoms with Gasteiger partial charge in [0.15, 0.2) is 5.78 Å². The quantitative estimate of drug-likeness (QED) is 0.505. The van der Waals surface area contributed by atoms with Gasteiger partial charge in [0, 0.05) is 24.2 Å². The van der Waals surface area contributed by atoms with Crippen LogP contribution in [-0.2, 0) is 4.79 Å². The Bertz CT molecular complexity index is 1020. The number of tetrazole rings is 1. The van der Waals surface area contributed by atoms with E-state index in [0.29, 0.717) is 29.4 Å². The van der Waals surface area contributed by atoms with Gasteiger partial charge in [-0.2, -0.15) is 4.68 Å². The molecule has 3 aromatic rings. The number of thioether (sulfide) groups is 1. The van der Waals surface area contributed by atoms with Crippen molar-refractivity contribution >= 4 is 29.1 Å². The van der Waals surface area contributed by atoms with Gasteiger partial charge in [0.05, 0.1) is 11.4 Å². The summed E-state index contributed by atoms with van der Waals surface area (Å²) in [7, 11) is 0. The van der Waals surface area contributed by atoms with Gasteiger partial charge in [-0.25, -0.2) is 0 Å². The van der Waals surface area contributed by atoms with Crippen LogP contribution >= 0.6 is 11.8 Å². The van der Waals surface area contributed by atoms with Crippen LogP contribution in [0, 0.1) is 0 Å². The van der Waals surface area contributed by atoms with Crippen molar-refractivity contribution in [2.24, 2.45) is 0 Å². The van der Waals surface area contributed by atoms with Gasteiger partial charge in [0.2, 0.25) is 11.1 Å². The summed E-state index contributed by atoms with van der Waals surface area (Å²) in [6, 6.07) is 13.6. The monoisotopic (exact) mass is 395 g/mol. The van der Waals surface area contributed by atoms with E-state index in [9.17, 15) is 14.7 Å². The number of aromatic hydroxyl groups is 1. The van der Waals surface area contributed by atoms with E-state index in [1.54, 1.807) is 47.4 Å². The van der Waals surface area contributed by atoms with Gasteiger partial charge in [0.25, 0.3) is 0 Å². The Hall–Kier alpha value is -3.20. The number of Topliss-reactive ketones (excluding diaryl/α,β-unsaturated/α-hetero) is 1. The van der Waals surface area contributed by atoms with Gasteiger partial charge in [-0.15, -0.1) is 5.10 Å². The van der Waals surface area contributed by atoms with E-state index in [2.05, 4.69) is 15.5 Å². The second-order valence-corrected chi connectivity index (χ2v) is 7.24. The molecule has 2 aromatic carbocycles. The summed E-state index contributed by atoms with van der Waals surface area (Å²) in [5.41, 5.74) is 1.99. The van der Waals surface area contributed by atoms with Crippen molar-refractivity contribution in [2.75, 3.05) is 17.2 Å². The van der Waals surface area contributed by atoms with Crippen LogP contribution in [0.2, 0.25) is 0 Å². The van der Waals surface area contributed by atoms with E-state index < -0.39 is 0 Å². The standard InChI is InChI=1S/C19H17N5O3S/c25-16-8-6-14(7-9-16)24-19(20-21-22-24)28-12-17(26)13-3-1-4-15(11-13)23-10-2-5-18(23)27/h1,3-4,6-9,11,25H,2,5,10,12H2. The summed E-state index contributed by atoms with van der Waals surface area (Å²) in [5.74, 6) is 0.332. The maximum Gasteiger partial charge on any atom is 0.227 e. The highest BCUT2D eigenvalue weighted by Crippen LogP contribution is 2.24. The van der Waals surface area contributed by atoms with Gasteiger partial charge < -0.3 is 10.0 Å². The Labute approximate surface area is 165 Å². The molecule has 4 rings (SSSR count). The largest absolute Gasteiger partial charge is 0.508 e. The number of rotatable bonds is 6. The first-order valence-corrected chi connectivity index (χ1v) is 9.74. The summed E-state index contributed by atoms with van der Waals surface area (Å²) in [4.78, 5) is 26.3. The molecule has 0 atom stereocenters. The second kappa shape index (κ2) is 7.81. The highest BCUT2D eigenvalue weighted by molar-refractivity contribution is 7.99. The first-order valence-electron chi connectivity index (χ1n) is 8.76. The van der Waals surface area contributed by atoms with Crippen molar-refractivity contribution < 1.29 is 14.7 Å². The van der Waals surface area contributed by atoms with Crippen molar-refractivity contribution in [2.45, 2.75) is 18.0 Å². The lowest BCUT2D eigenvalue weighted by molar-refractivity contribution is -0.117. The minimum absolute atomic E-state index is 0.0706. The molecule has 1 aliphatic rings. The molecule has 0 saturated carbocycles. The van der Waals surface area contributed by atoms with Crippen LogP contribution in [0.4, 0.5) is 5.69 Å². The lowest BCUT2D eigenvalue weighted by atomic mass is 10.1. The molecule has 0 bridgehead atoms. The predicted molar refractivity (Wildman–Crippen MR) is 104 cm³/mol. The lowest BCUT2D eigenvalue weighted by Gasteiger charge is -2.16. The third-order valence-corrected chi connectivity index (χ3v) is 5.34. The molecule has 2 heterocycles. The number of amides is 1. The number of anilines is 1. The van der Waals surface area contributed by atoms with Gasteiger partial charge in [-0.1, -0.05) is 23.9 Å². The van der Waals surface area contributed by atoms with Gasteiger partial charge >= 0.3 is 0 Å². The number of carbonyl (C=O) groups is 2. The van der Waals surface area contributed by atoms with Crippen LogP contribution in [0.25, 0.3) is 5.69 Å². The number of hydrogen-bond acceptors (Lipinski definition) is 7. The minimum Gasteiger partial charge on any atom is -0.508 e. The summed E-state index contributed by atoms with van der Waals surface area (Å²) < 4.78 is 1.51. The number of phenols is 1. The zero-order valence-electron chi connectivity index (χ0n) is 14.9. The fraction of sp³-hybridized carbons (Fsp3) is 0.211. The fourth-order valence-corrected chi connectivity index (χ4v) is 3.79. The summed E-state index contributed by atoms with van der Waals surface area (Å²) in [6.07, 6.45) is 1.39. The molecule has 1 N–H and O–H groups in total. The normalized spacial score (nSPS) is 13.9. The van der Waals surface area contributed by atoms with Crippen LogP contribution in [0.3, 0.4) is 0 Å². The Kier molecular flexibility index (Phi) is 5.07. The molecular weight excluding hydrogens is 378 g/mol. The number of aromatic nitrogens is 4. The Morgan fingerprint density at radius 3 is 2.71 bits per heavy atom. The molecule has 1 amide bonds. The molecular formula is C19H17N5O3S. The minimum atomic E-state index is -0.0706. The number of nitrogens with zero attached hydrogens (tertiary/aromatic N) is 5. The van der Waals surface area contributed by atoms with E-state index >= 15 is 0 Å². The summed E-state index contributed by atoms with van der Waals surface area (Å²) in [6.45, 7) is 0.687. The average Bonchev–Trinajstić information content (AvgIpc) is 3.35. The smallest absolute Gasteiger partial charge is 0.227 e. The lowest BCUT2D eigenvalue weighted by Crippen LogP contribution is -2.23. The Morgan fingerprint density at radius 1 is 1.14 bits per heavy atom. The van der Waals surface area contributed by atoms with Crippen LogP contribution < -0.4 is 4.90 Å². The molecule has 142 valence electrons. The molecule has 0 spiro atoms. The van der Waals surface area contributed by atoms with E-state index in [0.717, 1.165) is 12.1 Å². The summed E-state index contributed by atoms with van der Waals surface area (Å²) >= 11 is 1.23. The first-order chi connectivity index (χ1) is 13.6. The molecule has 9 heteroatoms. The highest BCUT2D eigenvalue weighted by atomic mass is 32.2. The molecule has 1 aliphatic heterocycles. The fourth-order valence-electron chi connectivity index (χ4n) is 3.01. The van der Waals surface area contributed by atoms with Crippen molar-refractivity contribution in [3.63, 3.8) is 0 Å². The molecule has 0 aliphatic carbocycles. The first kappa shape index (κ1) is 18.2. The molecule has 1 aromatic heterocycles. The topological polar surface area (TPSA) is 101 Å². The van der Waals surface area contributed by atoms with Crippen molar-refractivity contribution in [1.82, 2.24) is 20.2 Å². The van der Waals surface area contributed by atoms with E-state index in [4.69, 9.17) is 0 Å². The zero-order valence-corrected chi connectivity index (χ0v) is 15.7. The molecule has 1 saturated heterocycles. The van der Waals surface area contributed by atoms with Crippen LogP contribution in [0.1, 0.15) is 23.2 Å². The third-order valence-electron chi connectivity index (χ3n) is 4.42. The molecule has 28 heavy (non-hydrogen) atoms. The molecule has 1 fully saturated rings. The Morgan fingerprint density at radius 2 is 1.96 bits per heavy atom. The van der Waals surface area contributed by atoms with E-state index in [1.807, 2.05) is 6.07 Å². The van der Waals surface area contributed by atoms with Crippen molar-refractivity contribution in [1.29, 1.82) is 0 Å². The zero-order chi connectivity index (χ0) is 19.5. The van der Waals surface area contributed by atoms with Crippen LogP contribution in [0.5, 0.6) is 5.75 Å². The number of phenolic OH excluding ortho intramolecular Hbond substituents is 1. The predicted octanol–water partition coefficient (Wildman–Crippen LogP) is 2.47. The van der Waals surface area contributed by atoms with Crippen LogP contribution in [0.15, 0.2) is 53.7 Å². The number of hydrogen-bond donors (Lipinski definition) is 1. The molecule has 8 nitrogen and oxygen atoms in total. The second-order valence-electron chi connectivity index (χ2n) is 6.30. The Balaban J connectivity index is 1.46.